The predicted octanol–water partition coefficient (Wildman–Crippen LogP) is 2.86. The molecule has 0 aliphatic rings. The maximum absolute atomic E-state index is 12.2. The van der Waals surface area contributed by atoms with Crippen molar-refractivity contribution in [3.05, 3.63) is 64.0 Å². The first-order valence-electron chi connectivity index (χ1n) is 7.60. The van der Waals surface area contributed by atoms with Crippen molar-refractivity contribution in [1.82, 2.24) is 26.0 Å². The molecule has 27 heavy (non-hydrogen) atoms. The summed E-state index contributed by atoms with van der Waals surface area (Å²) >= 11 is 11.5. The number of amides is 2. The summed E-state index contributed by atoms with van der Waals surface area (Å²) in [6.07, 6.45) is 0. The van der Waals surface area contributed by atoms with Gasteiger partial charge in [-0.1, -0.05) is 23.2 Å². The summed E-state index contributed by atoms with van der Waals surface area (Å²) in [7, 11) is 1.58. The Morgan fingerprint density at radius 1 is 1.00 bits per heavy atom. The lowest BCUT2D eigenvalue weighted by molar-refractivity contribution is 0.0844. The Labute approximate surface area is 163 Å². The lowest BCUT2D eigenvalue weighted by Gasteiger charge is -2.06. The Balaban J connectivity index is 1.64. The fourth-order valence-electron chi connectivity index (χ4n) is 2.20. The third-order valence-corrected chi connectivity index (χ3v) is 3.91. The molecule has 0 saturated heterocycles. The van der Waals surface area contributed by atoms with Gasteiger partial charge in [0.25, 0.3) is 11.8 Å². The van der Waals surface area contributed by atoms with Crippen LogP contribution in [0.3, 0.4) is 0 Å². The van der Waals surface area contributed by atoms with Gasteiger partial charge in [-0.25, -0.2) is 4.98 Å². The van der Waals surface area contributed by atoms with Crippen LogP contribution in [0.5, 0.6) is 5.75 Å². The van der Waals surface area contributed by atoms with Crippen molar-refractivity contribution in [2.45, 2.75) is 0 Å². The van der Waals surface area contributed by atoms with Crippen molar-refractivity contribution >= 4 is 35.0 Å². The van der Waals surface area contributed by atoms with E-state index in [0.29, 0.717) is 11.4 Å². The summed E-state index contributed by atoms with van der Waals surface area (Å²) in [5.74, 6) is -0.447. The van der Waals surface area contributed by atoms with Crippen LogP contribution in [-0.4, -0.2) is 34.1 Å². The van der Waals surface area contributed by atoms with E-state index in [2.05, 4.69) is 26.0 Å². The van der Waals surface area contributed by atoms with E-state index in [1.807, 2.05) is 12.1 Å². The standard InChI is InChI=1S/C17H13Cl2N5O3/c1-27-11-4-2-9(3-5-11)12-8-13(22-21-12)17(26)24-23-16(25)10-6-14(18)20-15(19)7-10/h2-8H,1H3,(H,21,22)(H,23,25)(H,24,26). The van der Waals surface area contributed by atoms with Gasteiger partial charge in [-0.2, -0.15) is 5.10 Å². The lowest BCUT2D eigenvalue weighted by atomic mass is 10.1. The molecule has 3 aromatic rings. The number of aromatic nitrogens is 3. The van der Waals surface area contributed by atoms with E-state index in [4.69, 9.17) is 27.9 Å². The molecule has 0 aliphatic heterocycles. The number of nitrogens with zero attached hydrogens (tertiary/aromatic N) is 2. The van der Waals surface area contributed by atoms with Gasteiger partial charge in [0.15, 0.2) is 0 Å². The molecule has 2 aromatic heterocycles. The zero-order chi connectivity index (χ0) is 19.4. The van der Waals surface area contributed by atoms with Crippen molar-refractivity contribution in [2.24, 2.45) is 0 Å². The molecule has 0 atom stereocenters. The average molecular weight is 406 g/mol. The average Bonchev–Trinajstić information content (AvgIpc) is 3.15. The topological polar surface area (TPSA) is 109 Å². The van der Waals surface area contributed by atoms with Crippen LogP contribution in [0.25, 0.3) is 11.3 Å². The number of methoxy groups -OCH3 is 1. The molecular weight excluding hydrogens is 393 g/mol. The zero-order valence-electron chi connectivity index (χ0n) is 13.9. The Bertz CT molecular complexity index is 968. The van der Waals surface area contributed by atoms with Crippen molar-refractivity contribution in [3.8, 4) is 17.0 Å². The van der Waals surface area contributed by atoms with Crippen molar-refractivity contribution < 1.29 is 14.3 Å². The third kappa shape index (κ3) is 4.55. The van der Waals surface area contributed by atoms with Gasteiger partial charge in [0.2, 0.25) is 0 Å². The van der Waals surface area contributed by atoms with Crippen LogP contribution in [0.1, 0.15) is 20.8 Å². The maximum atomic E-state index is 12.2. The van der Waals surface area contributed by atoms with Crippen LogP contribution in [0, 0.1) is 0 Å². The van der Waals surface area contributed by atoms with Gasteiger partial charge in [0.1, 0.15) is 21.7 Å². The van der Waals surface area contributed by atoms with Gasteiger partial charge in [0.05, 0.1) is 12.8 Å². The number of hydrazine groups is 1. The largest absolute Gasteiger partial charge is 0.497 e. The second-order valence-corrected chi connectivity index (χ2v) is 6.08. The summed E-state index contributed by atoms with van der Waals surface area (Å²) in [5, 5.41) is 6.84. The SMILES string of the molecule is COc1ccc(-c2cc(C(=O)NNC(=O)c3cc(Cl)nc(Cl)c3)[nH]n2)cc1. The van der Waals surface area contributed by atoms with E-state index >= 15 is 0 Å². The van der Waals surface area contributed by atoms with Crippen LogP contribution < -0.4 is 15.6 Å². The van der Waals surface area contributed by atoms with Gasteiger partial charge in [-0.3, -0.25) is 25.5 Å². The van der Waals surface area contributed by atoms with Crippen LogP contribution >= 0.6 is 23.2 Å². The summed E-state index contributed by atoms with van der Waals surface area (Å²) in [4.78, 5) is 28.0. The lowest BCUT2D eigenvalue weighted by Crippen LogP contribution is -2.41. The molecule has 0 spiro atoms. The van der Waals surface area contributed by atoms with Crippen LogP contribution in [0.4, 0.5) is 0 Å². The van der Waals surface area contributed by atoms with E-state index < -0.39 is 11.8 Å². The number of halogens is 2. The minimum atomic E-state index is -0.593. The van der Waals surface area contributed by atoms with E-state index in [1.165, 1.54) is 12.1 Å². The Morgan fingerprint density at radius 2 is 1.63 bits per heavy atom. The summed E-state index contributed by atoms with van der Waals surface area (Å²) in [6, 6.07) is 11.4. The summed E-state index contributed by atoms with van der Waals surface area (Å²) in [5.41, 5.74) is 6.25. The van der Waals surface area contributed by atoms with E-state index in [-0.39, 0.29) is 21.6 Å². The number of carbonyl (C=O) groups is 2. The van der Waals surface area contributed by atoms with E-state index in [0.717, 1.165) is 5.56 Å². The molecule has 0 radical (unpaired) electrons. The van der Waals surface area contributed by atoms with Crippen LogP contribution in [0.2, 0.25) is 10.3 Å². The van der Waals surface area contributed by atoms with E-state index in [1.54, 1.807) is 25.3 Å². The second kappa shape index (κ2) is 8.07. The number of benzene rings is 1. The highest BCUT2D eigenvalue weighted by Gasteiger charge is 2.14. The summed E-state index contributed by atoms with van der Waals surface area (Å²) < 4.78 is 5.10. The summed E-state index contributed by atoms with van der Waals surface area (Å²) in [6.45, 7) is 0. The van der Waals surface area contributed by atoms with Crippen LogP contribution in [0.15, 0.2) is 42.5 Å². The number of pyridine rings is 1. The number of carbonyl (C=O) groups excluding carboxylic acids is 2. The molecule has 0 aliphatic carbocycles. The highest BCUT2D eigenvalue weighted by atomic mass is 35.5. The number of aromatic amines is 1. The van der Waals surface area contributed by atoms with Crippen LogP contribution in [-0.2, 0) is 0 Å². The Kier molecular flexibility index (Phi) is 5.58. The fraction of sp³-hybridized carbons (Fsp3) is 0.0588. The first-order chi connectivity index (χ1) is 13.0. The van der Waals surface area contributed by atoms with Crippen molar-refractivity contribution in [1.29, 1.82) is 0 Å². The molecule has 3 N–H and O–H groups in total. The van der Waals surface area contributed by atoms with Gasteiger partial charge < -0.3 is 4.74 Å². The molecule has 0 saturated carbocycles. The highest BCUT2D eigenvalue weighted by molar-refractivity contribution is 6.33. The number of nitrogens with one attached hydrogen (secondary N) is 3. The number of H-pyrrole nitrogens is 1. The van der Waals surface area contributed by atoms with Crippen molar-refractivity contribution in [3.63, 3.8) is 0 Å². The molecule has 1 aromatic carbocycles. The second-order valence-electron chi connectivity index (χ2n) is 5.30. The molecule has 2 heterocycles. The Morgan fingerprint density at radius 3 is 2.26 bits per heavy atom. The van der Waals surface area contributed by atoms with E-state index in [9.17, 15) is 9.59 Å². The smallest absolute Gasteiger partial charge is 0.287 e. The van der Waals surface area contributed by atoms with Gasteiger partial charge in [-0.15, -0.1) is 0 Å². The third-order valence-electron chi connectivity index (χ3n) is 3.52. The molecule has 8 nitrogen and oxygen atoms in total. The molecule has 2 amide bonds. The van der Waals surface area contributed by atoms with Crippen molar-refractivity contribution in [2.75, 3.05) is 7.11 Å². The number of hydrogen-bond donors (Lipinski definition) is 3. The molecular formula is C17H13Cl2N5O3. The number of rotatable bonds is 4. The fourth-order valence-corrected chi connectivity index (χ4v) is 2.66. The zero-order valence-corrected chi connectivity index (χ0v) is 15.4. The Hall–Kier alpha value is -3.10. The number of ether oxygens (including phenoxy) is 1. The monoisotopic (exact) mass is 405 g/mol. The quantitative estimate of drug-likeness (QED) is 0.456. The highest BCUT2D eigenvalue weighted by Crippen LogP contribution is 2.21. The van der Waals surface area contributed by atoms with Gasteiger partial charge in [-0.05, 0) is 42.5 Å². The molecule has 0 bridgehead atoms. The first kappa shape index (κ1) is 18.7. The molecule has 138 valence electrons. The predicted molar refractivity (Wildman–Crippen MR) is 99.8 cm³/mol. The minimum Gasteiger partial charge on any atom is -0.497 e. The number of hydrogen-bond acceptors (Lipinski definition) is 5. The first-order valence-corrected chi connectivity index (χ1v) is 8.35. The maximum Gasteiger partial charge on any atom is 0.287 e. The molecule has 10 heteroatoms. The van der Waals surface area contributed by atoms with Gasteiger partial charge >= 0.3 is 0 Å². The van der Waals surface area contributed by atoms with Gasteiger partial charge in [0, 0.05) is 11.1 Å². The molecule has 3 rings (SSSR count). The normalized spacial score (nSPS) is 10.3. The minimum absolute atomic E-state index is 0.0664. The molecule has 0 unspecified atom stereocenters. The molecule has 0 fully saturated rings.